The molecule has 1 aliphatic rings. The van der Waals surface area contributed by atoms with Crippen LogP contribution in [0.1, 0.15) is 13.8 Å². The number of hydrogen-bond donors (Lipinski definition) is 0. The molecule has 20 heavy (non-hydrogen) atoms. The van der Waals surface area contributed by atoms with Gasteiger partial charge in [-0.05, 0) is 13.8 Å². The predicted molar refractivity (Wildman–Crippen MR) is 72.8 cm³/mol. The summed E-state index contributed by atoms with van der Waals surface area (Å²) in [6, 6.07) is 1.48. The van der Waals surface area contributed by atoms with E-state index in [2.05, 4.69) is 14.7 Å². The van der Waals surface area contributed by atoms with Crippen LogP contribution in [0.3, 0.4) is 0 Å². The highest BCUT2D eigenvalue weighted by molar-refractivity contribution is 5.68. The third kappa shape index (κ3) is 3.36. The van der Waals surface area contributed by atoms with E-state index in [0.29, 0.717) is 19.7 Å². The monoisotopic (exact) mass is 281 g/mol. The first-order chi connectivity index (χ1) is 9.41. The van der Waals surface area contributed by atoms with Gasteiger partial charge in [-0.15, -0.1) is 0 Å². The van der Waals surface area contributed by atoms with Crippen LogP contribution in [-0.2, 0) is 20.8 Å². The Morgan fingerprint density at radius 2 is 2.30 bits per heavy atom. The van der Waals surface area contributed by atoms with Crippen LogP contribution in [0.2, 0.25) is 0 Å². The van der Waals surface area contributed by atoms with Crippen molar-refractivity contribution in [2.75, 3.05) is 31.7 Å². The molecule has 0 spiro atoms. The topological polar surface area (TPSA) is 73.7 Å². The molecule has 7 nitrogen and oxygen atoms in total. The van der Waals surface area contributed by atoms with Crippen LogP contribution in [0.15, 0.2) is 17.1 Å². The normalized spacial score (nSPS) is 17.9. The first-order valence-electron chi connectivity index (χ1n) is 6.44. The van der Waals surface area contributed by atoms with Crippen molar-refractivity contribution in [3.8, 4) is 0 Å². The van der Waals surface area contributed by atoms with Gasteiger partial charge in [-0.2, -0.15) is 5.10 Å². The van der Waals surface area contributed by atoms with Gasteiger partial charge in [-0.3, -0.25) is 9.59 Å². The molecule has 7 heteroatoms. The van der Waals surface area contributed by atoms with Crippen molar-refractivity contribution in [1.29, 1.82) is 0 Å². The first-order valence-corrected chi connectivity index (χ1v) is 6.44. The number of esters is 1. The van der Waals surface area contributed by atoms with Crippen LogP contribution in [0.4, 0.5) is 5.69 Å². The van der Waals surface area contributed by atoms with Gasteiger partial charge in [-0.1, -0.05) is 0 Å². The van der Waals surface area contributed by atoms with E-state index in [-0.39, 0.29) is 17.7 Å². The summed E-state index contributed by atoms with van der Waals surface area (Å²) in [6.45, 7) is 5.85. The van der Waals surface area contributed by atoms with Gasteiger partial charge < -0.3 is 14.4 Å². The van der Waals surface area contributed by atoms with E-state index < -0.39 is 5.97 Å². The molecule has 0 aromatic carbocycles. The number of morpholine rings is 1. The Labute approximate surface area is 117 Å². The molecule has 0 radical (unpaired) electrons. The van der Waals surface area contributed by atoms with Crippen molar-refractivity contribution in [2.24, 2.45) is 0 Å². The number of carbonyl (C=O) groups excluding carboxylic acids is 1. The third-order valence-electron chi connectivity index (χ3n) is 3.15. The average molecular weight is 281 g/mol. The number of ether oxygens (including phenoxy) is 2. The Balaban J connectivity index is 2.16. The standard InChI is InChI=1S/C13H19N3O4/c1-13(2)9-15(4-5-20-13)10-6-11(17)16(14-7-10)8-12(18)19-3/h6-7H,4-5,8-9H2,1-3H3. The zero-order valence-corrected chi connectivity index (χ0v) is 12.0. The van der Waals surface area contributed by atoms with Crippen LogP contribution in [0, 0.1) is 0 Å². The van der Waals surface area contributed by atoms with E-state index in [1.807, 2.05) is 13.8 Å². The second-order valence-corrected chi connectivity index (χ2v) is 5.32. The van der Waals surface area contributed by atoms with Crippen LogP contribution in [0.5, 0.6) is 0 Å². The number of nitrogens with zero attached hydrogens (tertiary/aromatic N) is 3. The molecule has 0 amide bonds. The van der Waals surface area contributed by atoms with Gasteiger partial charge >= 0.3 is 5.97 Å². The highest BCUT2D eigenvalue weighted by atomic mass is 16.5. The van der Waals surface area contributed by atoms with Gasteiger partial charge in [0.05, 0.1) is 31.2 Å². The summed E-state index contributed by atoms with van der Waals surface area (Å²) >= 11 is 0. The molecule has 1 aromatic heterocycles. The Kier molecular flexibility index (Phi) is 4.08. The lowest BCUT2D eigenvalue weighted by Crippen LogP contribution is -2.48. The third-order valence-corrected chi connectivity index (χ3v) is 3.15. The number of hydrogen-bond acceptors (Lipinski definition) is 6. The molecule has 0 aliphatic carbocycles. The Bertz CT molecular complexity index is 553. The van der Waals surface area contributed by atoms with Crippen molar-refractivity contribution in [3.05, 3.63) is 22.6 Å². The summed E-state index contributed by atoms with van der Waals surface area (Å²) in [5.41, 5.74) is 0.170. The lowest BCUT2D eigenvalue weighted by Gasteiger charge is -2.39. The summed E-state index contributed by atoms with van der Waals surface area (Å²) in [4.78, 5) is 25.1. The van der Waals surface area contributed by atoms with Crippen molar-refractivity contribution in [2.45, 2.75) is 26.0 Å². The largest absolute Gasteiger partial charge is 0.468 e. The number of aromatic nitrogens is 2. The van der Waals surface area contributed by atoms with Gasteiger partial charge in [0.2, 0.25) is 0 Å². The molecule has 0 saturated carbocycles. The minimum Gasteiger partial charge on any atom is -0.468 e. The van der Waals surface area contributed by atoms with Gasteiger partial charge in [0, 0.05) is 19.2 Å². The van der Waals surface area contributed by atoms with Crippen LogP contribution in [-0.4, -0.2) is 48.2 Å². The summed E-state index contributed by atoms with van der Waals surface area (Å²) < 4.78 is 11.2. The van der Waals surface area contributed by atoms with Crippen molar-refractivity contribution in [3.63, 3.8) is 0 Å². The summed E-state index contributed by atoms with van der Waals surface area (Å²) in [5.74, 6) is -0.500. The van der Waals surface area contributed by atoms with E-state index in [0.717, 1.165) is 10.4 Å². The maximum atomic E-state index is 11.9. The summed E-state index contributed by atoms with van der Waals surface area (Å²) in [5, 5.41) is 4.01. The molecule has 0 bridgehead atoms. The zero-order chi connectivity index (χ0) is 14.8. The molecular weight excluding hydrogens is 262 g/mol. The van der Waals surface area contributed by atoms with Crippen LogP contribution < -0.4 is 10.5 Å². The SMILES string of the molecule is COC(=O)Cn1ncc(N2CCOC(C)(C)C2)cc1=O. The fraction of sp³-hybridized carbons (Fsp3) is 0.615. The molecule has 0 atom stereocenters. The van der Waals surface area contributed by atoms with E-state index in [4.69, 9.17) is 4.74 Å². The predicted octanol–water partition coefficient (Wildman–Crippen LogP) is 0.0315. The van der Waals surface area contributed by atoms with E-state index >= 15 is 0 Å². The number of carbonyl (C=O) groups is 1. The Hall–Kier alpha value is -1.89. The van der Waals surface area contributed by atoms with Gasteiger partial charge in [0.1, 0.15) is 6.54 Å². The van der Waals surface area contributed by atoms with Gasteiger partial charge in [-0.25, -0.2) is 4.68 Å². The lowest BCUT2D eigenvalue weighted by molar-refractivity contribution is -0.141. The summed E-state index contributed by atoms with van der Waals surface area (Å²) in [7, 11) is 1.28. The minimum atomic E-state index is -0.500. The van der Waals surface area contributed by atoms with E-state index in [1.54, 1.807) is 6.20 Å². The molecular formula is C13H19N3O4. The lowest BCUT2D eigenvalue weighted by atomic mass is 10.1. The average Bonchev–Trinajstić information content (AvgIpc) is 2.39. The quantitative estimate of drug-likeness (QED) is 0.728. The van der Waals surface area contributed by atoms with E-state index in [1.165, 1.54) is 13.2 Å². The molecule has 0 unspecified atom stereocenters. The number of methoxy groups -OCH3 is 1. The molecule has 1 saturated heterocycles. The highest BCUT2D eigenvalue weighted by Gasteiger charge is 2.27. The number of anilines is 1. The minimum absolute atomic E-state index is 0.176. The van der Waals surface area contributed by atoms with Gasteiger partial charge in [0.15, 0.2) is 0 Å². The second kappa shape index (κ2) is 5.62. The maximum Gasteiger partial charge on any atom is 0.327 e. The van der Waals surface area contributed by atoms with E-state index in [9.17, 15) is 9.59 Å². The van der Waals surface area contributed by atoms with Crippen molar-refractivity contribution in [1.82, 2.24) is 9.78 Å². The highest BCUT2D eigenvalue weighted by Crippen LogP contribution is 2.21. The molecule has 110 valence electrons. The fourth-order valence-electron chi connectivity index (χ4n) is 2.14. The summed E-state index contributed by atoms with van der Waals surface area (Å²) in [6.07, 6.45) is 1.59. The Morgan fingerprint density at radius 1 is 1.55 bits per heavy atom. The van der Waals surface area contributed by atoms with Crippen molar-refractivity contribution < 1.29 is 14.3 Å². The van der Waals surface area contributed by atoms with Gasteiger partial charge in [0.25, 0.3) is 5.56 Å². The fourth-order valence-corrected chi connectivity index (χ4v) is 2.14. The molecule has 1 aromatic rings. The zero-order valence-electron chi connectivity index (χ0n) is 12.0. The molecule has 1 fully saturated rings. The number of rotatable bonds is 3. The Morgan fingerprint density at radius 3 is 2.90 bits per heavy atom. The van der Waals surface area contributed by atoms with Crippen LogP contribution in [0.25, 0.3) is 0 Å². The first kappa shape index (κ1) is 14.5. The molecule has 2 rings (SSSR count). The molecule has 0 N–H and O–H groups in total. The second-order valence-electron chi connectivity index (χ2n) is 5.32. The smallest absolute Gasteiger partial charge is 0.327 e. The van der Waals surface area contributed by atoms with Crippen LogP contribution >= 0.6 is 0 Å². The molecule has 2 heterocycles. The van der Waals surface area contributed by atoms with Crippen molar-refractivity contribution >= 4 is 11.7 Å². The maximum absolute atomic E-state index is 11.9. The molecule has 1 aliphatic heterocycles.